The molecule has 18 heteroatoms. The van der Waals surface area contributed by atoms with E-state index in [1.165, 1.54) is 231 Å². The molecule has 1 N–H and O–H groups in total. The number of benzene rings is 3. The summed E-state index contributed by atoms with van der Waals surface area (Å²) in [4.78, 5) is 7.99. The molecule has 568 valence electrons. The third kappa shape index (κ3) is 20.1. The third-order valence-corrected chi connectivity index (χ3v) is 32.4. The Morgan fingerprint density at radius 2 is 0.915 bits per heavy atom. The molecule has 0 fully saturated rings. The molecule has 1 aliphatic carbocycles. The minimum atomic E-state index is -0.898. The summed E-state index contributed by atoms with van der Waals surface area (Å²) in [5.74, 6) is 3.42. The summed E-state index contributed by atoms with van der Waals surface area (Å²) < 4.78 is 68.7. The number of allylic oxidation sites excluding steroid dienone is 3. The number of thiophene rings is 6. The Labute approximate surface area is 679 Å². The number of thioether (sulfide) groups is 2. The van der Waals surface area contributed by atoms with E-state index in [-0.39, 0.29) is 11.1 Å². The van der Waals surface area contributed by atoms with E-state index in [0.717, 1.165) is 102 Å². The number of hydrogen-bond donors (Lipinski definition) is 1. The van der Waals surface area contributed by atoms with Gasteiger partial charge in [0.05, 0.1) is 0 Å². The number of ether oxygens (including phenoxy) is 2. The SMILES string of the molecule is CCCCCCCCCCCCOC1=C(C)C(=N)C(=N[SeH])C(c2ccc(-c3ccc(-c4ccc(-c5c(OCCCCCCCCCCCC)c(C)c(-c6cc7c(-c8ccc(SCC(CC)CCCC)s8)c8sc(C)cc8c(-c8ccc(SCC(CC)CCCC)s8)c7s6)c6n[se]nc56)s4)c(F)c3F)s2)=C1C. The van der Waals surface area contributed by atoms with E-state index in [0.29, 0.717) is 52.0 Å². The van der Waals surface area contributed by atoms with Gasteiger partial charge in [-0.3, -0.25) is 0 Å². The Morgan fingerprint density at radius 3 is 1.43 bits per heavy atom. The van der Waals surface area contributed by atoms with Crippen molar-refractivity contribution in [2.75, 3.05) is 24.7 Å². The molecule has 1 aliphatic rings. The number of fused-ring (bicyclic) bond motifs is 3. The van der Waals surface area contributed by atoms with Crippen LogP contribution < -0.4 is 4.74 Å². The van der Waals surface area contributed by atoms with Crippen LogP contribution in [0.5, 0.6) is 5.75 Å². The Morgan fingerprint density at radius 1 is 0.472 bits per heavy atom. The number of aromatic nitrogens is 2. The van der Waals surface area contributed by atoms with Crippen LogP contribution in [0.25, 0.3) is 99.4 Å². The van der Waals surface area contributed by atoms with Crippen molar-refractivity contribution < 1.29 is 18.3 Å². The molecule has 0 bridgehead atoms. The molecule has 0 saturated heterocycles. The van der Waals surface area contributed by atoms with Crippen molar-refractivity contribution in [3.63, 3.8) is 0 Å². The molecular formula is C88H110F2N4O2S8Se2. The van der Waals surface area contributed by atoms with Crippen LogP contribution in [0.2, 0.25) is 0 Å². The molecule has 2 atom stereocenters. The van der Waals surface area contributed by atoms with Crippen LogP contribution in [-0.4, -0.2) is 75.3 Å². The van der Waals surface area contributed by atoms with Gasteiger partial charge in [0.1, 0.15) is 0 Å². The maximum atomic E-state index is 17.2. The fourth-order valence-corrected chi connectivity index (χ4v) is 26.2. The number of nitrogens with zero attached hydrogens (tertiary/aromatic N) is 3. The molecule has 0 radical (unpaired) electrons. The third-order valence-electron chi connectivity index (χ3n) is 21.2. The van der Waals surface area contributed by atoms with Gasteiger partial charge in [-0.05, 0) is 24.7 Å². The van der Waals surface area contributed by atoms with Crippen molar-refractivity contribution in [1.29, 1.82) is 5.41 Å². The van der Waals surface area contributed by atoms with Gasteiger partial charge < -0.3 is 0 Å². The molecule has 0 amide bonds. The van der Waals surface area contributed by atoms with Crippen molar-refractivity contribution in [2.45, 2.75) is 257 Å². The molecule has 7 aromatic heterocycles. The second kappa shape index (κ2) is 41.5. The summed E-state index contributed by atoms with van der Waals surface area (Å²) in [6, 6.07) is 25.7. The Hall–Kier alpha value is -4.00. The first-order chi connectivity index (χ1) is 51.7. The van der Waals surface area contributed by atoms with E-state index >= 15 is 8.78 Å². The van der Waals surface area contributed by atoms with Gasteiger partial charge in [-0.25, -0.2) is 0 Å². The molecule has 6 nitrogen and oxygen atoms in total. The van der Waals surface area contributed by atoms with Crippen LogP contribution in [-0.2, 0) is 4.74 Å². The molecular weight excluding hydrogens is 1600 g/mol. The molecule has 106 heavy (non-hydrogen) atoms. The fraction of sp³-hybridized carbons (Fsp3) is 0.500. The summed E-state index contributed by atoms with van der Waals surface area (Å²) in [5.41, 5.74) is 11.0. The first kappa shape index (κ1) is 82.9. The number of nitrogens with one attached hydrogen (secondary N) is 1. The van der Waals surface area contributed by atoms with Crippen molar-refractivity contribution in [2.24, 2.45) is 15.8 Å². The van der Waals surface area contributed by atoms with Gasteiger partial charge in [-0.2, -0.15) is 0 Å². The van der Waals surface area contributed by atoms with E-state index in [4.69, 9.17) is 17.4 Å². The molecule has 0 saturated carbocycles. The molecule has 11 rings (SSSR count). The van der Waals surface area contributed by atoms with Crippen LogP contribution in [0.1, 0.15) is 250 Å². The molecule has 7 heterocycles. The van der Waals surface area contributed by atoms with Gasteiger partial charge in [-0.15, -0.1) is 0 Å². The number of hydrogen-bond acceptors (Lipinski definition) is 14. The van der Waals surface area contributed by atoms with Crippen LogP contribution in [0.3, 0.4) is 0 Å². The zero-order valence-corrected chi connectivity index (χ0v) is 74.4. The Kier molecular flexibility index (Phi) is 32.5. The zero-order valence-electron chi connectivity index (χ0n) is 64.2. The van der Waals surface area contributed by atoms with E-state index in [2.05, 4.69) is 112 Å². The average molecular weight is 1710 g/mol. The maximum absolute atomic E-state index is 17.2. The van der Waals surface area contributed by atoms with Gasteiger partial charge in [-0.1, -0.05) is 138 Å². The van der Waals surface area contributed by atoms with E-state index in [1.54, 1.807) is 12.1 Å². The van der Waals surface area contributed by atoms with Crippen LogP contribution in [0.4, 0.5) is 8.78 Å². The molecule has 2 unspecified atom stereocenters. The van der Waals surface area contributed by atoms with Gasteiger partial charge >= 0.3 is 523 Å². The summed E-state index contributed by atoms with van der Waals surface area (Å²) >= 11 is 16.5. The van der Waals surface area contributed by atoms with E-state index < -0.39 is 26.6 Å². The minimum absolute atomic E-state index is 0.188. The predicted molar refractivity (Wildman–Crippen MR) is 472 cm³/mol. The van der Waals surface area contributed by atoms with Crippen molar-refractivity contribution in [3.05, 3.63) is 117 Å². The first-order valence-corrected chi connectivity index (χ1v) is 48.9. The van der Waals surface area contributed by atoms with Crippen LogP contribution in [0.15, 0.2) is 102 Å². The monoisotopic (exact) mass is 1710 g/mol. The predicted octanol–water partition coefficient (Wildman–Crippen LogP) is 30.5. The summed E-state index contributed by atoms with van der Waals surface area (Å²) in [6.07, 6.45) is 34.7. The molecule has 10 aromatic rings. The van der Waals surface area contributed by atoms with E-state index in [1.807, 2.05) is 107 Å². The molecule has 3 aromatic carbocycles. The number of aryl methyl sites for hydroxylation is 1. The van der Waals surface area contributed by atoms with Gasteiger partial charge in [0.25, 0.3) is 0 Å². The molecule has 0 aliphatic heterocycles. The summed E-state index contributed by atoms with van der Waals surface area (Å²) in [6.45, 7) is 23.4. The first-order valence-electron chi connectivity index (χ1n) is 39.7. The molecule has 0 spiro atoms. The zero-order chi connectivity index (χ0) is 74.6. The standard InChI is InChI=1S/C88H110F2N4O2S8Se2/c1-11-17-21-23-25-27-29-31-33-35-49-95-85-56(8)74(82(92-105)81(91)58(85)10)67-43-41-65(100-67)61-39-40-62(80(90)79(61)89)66-42-44-70(101-66)78-84-83(93-106-94-84)75(57(9)86(78)96-50-36-34-32-30-28-26-24-22-18-12-2)71-52-64-77(69-46-48-73(103-69)98-54-60(16-6)38-20-14-4)87-63(51-55(7)99-87)76(88(64)104-71)68-45-47-72(102-68)97-53-59(15-5)37-19-13-3/h39-48,51-52,59-60,91,105H,11-38,49-50,53-54H2,1-10H3. The van der Waals surface area contributed by atoms with Crippen molar-refractivity contribution in [3.8, 4) is 68.4 Å². The quantitative estimate of drug-likeness (QED) is 0.0177. The fourth-order valence-electron chi connectivity index (χ4n) is 14.9. The average Bonchev–Trinajstić information content (AvgIpc) is 1.55. The van der Waals surface area contributed by atoms with Crippen molar-refractivity contribution >= 4 is 171 Å². The second-order valence-electron chi connectivity index (χ2n) is 29.0. The number of rotatable bonds is 45. The van der Waals surface area contributed by atoms with Crippen LogP contribution in [0, 0.1) is 42.7 Å². The topological polar surface area (TPSA) is 80.5 Å². The van der Waals surface area contributed by atoms with Gasteiger partial charge in [0, 0.05) is 0 Å². The van der Waals surface area contributed by atoms with Crippen molar-refractivity contribution in [1.82, 2.24) is 7.96 Å². The van der Waals surface area contributed by atoms with Crippen LogP contribution >= 0.6 is 91.5 Å². The summed E-state index contributed by atoms with van der Waals surface area (Å²) in [7, 11) is 0. The van der Waals surface area contributed by atoms with E-state index in [9.17, 15) is 5.41 Å². The second-order valence-corrected chi connectivity index (χ2v) is 39.8. The normalized spacial score (nSPS) is 13.9. The number of halogens is 2. The summed E-state index contributed by atoms with van der Waals surface area (Å²) in [5, 5.41) is 11.8. The Bertz CT molecular complexity index is 4540. The number of unbranched alkanes of at least 4 members (excludes halogenated alkanes) is 20. The van der Waals surface area contributed by atoms with Gasteiger partial charge in [0.15, 0.2) is 0 Å². The Balaban J connectivity index is 0.940. The van der Waals surface area contributed by atoms with Gasteiger partial charge in [0.2, 0.25) is 0 Å².